The molecule has 0 aromatic rings. The molecule has 1 N–H and O–H groups in total. The first-order valence-electron chi connectivity index (χ1n) is 26.2. The smallest absolute Gasteiger partial charge is 0.305 e. The molecule has 0 aliphatic carbocycles. The van der Waals surface area contributed by atoms with Gasteiger partial charge in [-0.3, -0.25) is 14.4 Å². The van der Waals surface area contributed by atoms with E-state index in [-0.39, 0.29) is 12.4 Å². The minimum absolute atomic E-state index is 0.00382. The van der Waals surface area contributed by atoms with Gasteiger partial charge < -0.3 is 24.5 Å². The molecule has 0 saturated heterocycles. The second-order valence-corrected chi connectivity index (χ2v) is 18.7. The number of carbonyl (C=O) groups excluding carboxylic acids is 2. The van der Waals surface area contributed by atoms with Crippen molar-refractivity contribution in [3.63, 3.8) is 0 Å². The Morgan fingerprint density at radius 2 is 0.900 bits per heavy atom. The molecule has 2 atom stereocenters. The van der Waals surface area contributed by atoms with E-state index in [4.69, 9.17) is 9.84 Å². The highest BCUT2D eigenvalue weighted by Gasteiger charge is 2.20. The predicted octanol–water partition coefficient (Wildman–Crippen LogP) is 14.0. The van der Waals surface area contributed by atoms with E-state index >= 15 is 0 Å². The summed E-state index contributed by atoms with van der Waals surface area (Å²) in [5.41, 5.74) is 0. The van der Waals surface area contributed by atoms with Gasteiger partial charge in [-0.1, -0.05) is 169 Å². The van der Waals surface area contributed by atoms with Crippen LogP contribution in [0, 0.1) is 5.92 Å². The van der Waals surface area contributed by atoms with E-state index in [0.717, 1.165) is 90.5 Å². The van der Waals surface area contributed by atoms with Gasteiger partial charge in [0.15, 0.2) is 0 Å². The van der Waals surface area contributed by atoms with E-state index in [2.05, 4.69) is 56.5 Å². The van der Waals surface area contributed by atoms with Crippen LogP contribution >= 0.6 is 0 Å². The number of hydrogen-bond donors (Lipinski definition) is 1. The molecule has 0 aromatic heterocycles. The van der Waals surface area contributed by atoms with Crippen LogP contribution in [0.1, 0.15) is 252 Å². The molecule has 0 bridgehead atoms. The highest BCUT2D eigenvalue weighted by Crippen LogP contribution is 2.22. The molecule has 0 heterocycles. The Morgan fingerprint density at radius 1 is 0.450 bits per heavy atom. The lowest BCUT2D eigenvalue weighted by molar-refractivity contribution is -0.145. The SMILES string of the molecule is CCCCCCC(CCCC)COC(=O)CCCCCCCCC(CCCCCCCCC(=O)O)N(CCCC(=O)N(CCCCCC)CCCCCC)CCCN(C)C. The molecular formula is C52H103N3O5. The number of carboxylic acids is 1. The van der Waals surface area contributed by atoms with Crippen LogP contribution in [0.4, 0.5) is 0 Å². The van der Waals surface area contributed by atoms with Crippen LogP contribution < -0.4 is 0 Å². The summed E-state index contributed by atoms with van der Waals surface area (Å²) in [5.74, 6) is 0.195. The van der Waals surface area contributed by atoms with Crippen molar-refractivity contribution in [1.82, 2.24) is 14.7 Å². The lowest BCUT2D eigenvalue weighted by Crippen LogP contribution is -2.39. The van der Waals surface area contributed by atoms with Crippen molar-refractivity contribution >= 4 is 17.8 Å². The number of nitrogens with zero attached hydrogens (tertiary/aromatic N) is 3. The van der Waals surface area contributed by atoms with Crippen molar-refractivity contribution in [2.24, 2.45) is 5.92 Å². The fraction of sp³-hybridized carbons (Fsp3) is 0.942. The van der Waals surface area contributed by atoms with Gasteiger partial charge >= 0.3 is 11.9 Å². The third-order valence-corrected chi connectivity index (χ3v) is 12.6. The normalized spacial score (nSPS) is 12.7. The zero-order valence-electron chi connectivity index (χ0n) is 41.1. The van der Waals surface area contributed by atoms with Crippen LogP contribution in [0.15, 0.2) is 0 Å². The van der Waals surface area contributed by atoms with Gasteiger partial charge in [0.25, 0.3) is 0 Å². The van der Waals surface area contributed by atoms with Crippen LogP contribution in [0.2, 0.25) is 0 Å². The Kier molecular flexibility index (Phi) is 42.7. The van der Waals surface area contributed by atoms with Gasteiger partial charge in [-0.25, -0.2) is 0 Å². The molecule has 0 aromatic carbocycles. The molecule has 1 amide bonds. The Balaban J connectivity index is 5.18. The van der Waals surface area contributed by atoms with Crippen molar-refractivity contribution in [1.29, 1.82) is 0 Å². The van der Waals surface area contributed by atoms with Gasteiger partial charge in [-0.2, -0.15) is 0 Å². The zero-order chi connectivity index (χ0) is 44.3. The third kappa shape index (κ3) is 38.0. The van der Waals surface area contributed by atoms with Gasteiger partial charge in [-0.15, -0.1) is 0 Å². The molecule has 8 nitrogen and oxygen atoms in total. The first kappa shape index (κ1) is 58.3. The molecule has 0 rings (SSSR count). The van der Waals surface area contributed by atoms with Crippen molar-refractivity contribution < 1.29 is 24.2 Å². The van der Waals surface area contributed by atoms with Crippen molar-refractivity contribution in [2.45, 2.75) is 258 Å². The summed E-state index contributed by atoms with van der Waals surface area (Å²) >= 11 is 0. The lowest BCUT2D eigenvalue weighted by Gasteiger charge is -2.33. The summed E-state index contributed by atoms with van der Waals surface area (Å²) in [5, 5.41) is 8.98. The Labute approximate surface area is 373 Å². The van der Waals surface area contributed by atoms with Gasteiger partial charge in [0, 0.05) is 38.4 Å². The van der Waals surface area contributed by atoms with Crippen molar-refractivity contribution in [3.8, 4) is 0 Å². The standard InChI is InChI=1S/C52H103N3O5/c1-7-11-15-26-36-48(35-14-10-4)47-60-52(59)41-30-25-21-19-23-28-38-49(37-27-22-18-20-24-29-40-51(57)58)54(46-34-42-53(5)6)45-33-39-50(56)55(43-31-16-12-8-2)44-32-17-13-9-3/h48-49H,7-47H2,1-6H3,(H,57,58). The molecule has 0 fully saturated rings. The van der Waals surface area contributed by atoms with Gasteiger partial charge in [0.2, 0.25) is 5.91 Å². The molecule has 0 aliphatic heterocycles. The number of esters is 1. The number of hydrogen-bond acceptors (Lipinski definition) is 6. The summed E-state index contributed by atoms with van der Waals surface area (Å²) in [6.45, 7) is 14.6. The van der Waals surface area contributed by atoms with E-state index in [1.807, 2.05) is 0 Å². The fourth-order valence-electron chi connectivity index (χ4n) is 8.65. The Bertz CT molecular complexity index is 950. The van der Waals surface area contributed by atoms with Crippen LogP contribution in [0.5, 0.6) is 0 Å². The Morgan fingerprint density at radius 3 is 1.43 bits per heavy atom. The number of rotatable bonds is 47. The molecule has 0 radical (unpaired) electrons. The molecule has 0 aliphatic rings. The fourth-order valence-corrected chi connectivity index (χ4v) is 8.65. The van der Waals surface area contributed by atoms with Gasteiger partial charge in [0.1, 0.15) is 0 Å². The number of carbonyl (C=O) groups is 3. The van der Waals surface area contributed by atoms with Crippen molar-refractivity contribution in [3.05, 3.63) is 0 Å². The van der Waals surface area contributed by atoms with E-state index < -0.39 is 5.97 Å². The monoisotopic (exact) mass is 850 g/mol. The minimum atomic E-state index is -0.685. The van der Waals surface area contributed by atoms with Gasteiger partial charge in [0.05, 0.1) is 6.61 Å². The number of ether oxygens (including phenoxy) is 1. The first-order valence-corrected chi connectivity index (χ1v) is 26.2. The number of aliphatic carboxylic acids is 1. The molecular weight excluding hydrogens is 747 g/mol. The number of amides is 1. The van der Waals surface area contributed by atoms with Crippen LogP contribution in [0.3, 0.4) is 0 Å². The molecule has 0 spiro atoms. The average Bonchev–Trinajstić information content (AvgIpc) is 3.22. The molecule has 356 valence electrons. The number of unbranched alkanes of at least 4 members (excludes halogenated alkanes) is 20. The number of carboxylic acid groups (broad SMARTS) is 1. The maximum absolute atomic E-state index is 13.6. The lowest BCUT2D eigenvalue weighted by atomic mass is 9.96. The van der Waals surface area contributed by atoms with E-state index in [1.54, 1.807) is 0 Å². The molecule has 60 heavy (non-hydrogen) atoms. The maximum Gasteiger partial charge on any atom is 0.305 e. The topological polar surface area (TPSA) is 90.4 Å². The first-order chi connectivity index (χ1) is 29.2. The Hall–Kier alpha value is -1.67. The molecule has 8 heteroatoms. The largest absolute Gasteiger partial charge is 0.481 e. The van der Waals surface area contributed by atoms with Crippen LogP contribution in [0.25, 0.3) is 0 Å². The molecule has 2 unspecified atom stereocenters. The second-order valence-electron chi connectivity index (χ2n) is 18.7. The van der Waals surface area contributed by atoms with E-state index in [9.17, 15) is 14.4 Å². The highest BCUT2D eigenvalue weighted by molar-refractivity contribution is 5.76. The maximum atomic E-state index is 13.6. The van der Waals surface area contributed by atoms with Crippen LogP contribution in [-0.4, -0.2) is 97.1 Å². The summed E-state index contributed by atoms with van der Waals surface area (Å²) in [6, 6.07) is 0.538. The summed E-state index contributed by atoms with van der Waals surface area (Å²) < 4.78 is 5.78. The van der Waals surface area contributed by atoms with E-state index in [0.29, 0.717) is 37.3 Å². The summed E-state index contributed by atoms with van der Waals surface area (Å²) in [6.07, 6.45) is 38.9. The third-order valence-electron chi connectivity index (χ3n) is 12.6. The van der Waals surface area contributed by atoms with Crippen LogP contribution in [-0.2, 0) is 19.1 Å². The summed E-state index contributed by atoms with van der Waals surface area (Å²) in [7, 11) is 4.33. The average molecular weight is 850 g/mol. The van der Waals surface area contributed by atoms with E-state index in [1.165, 1.54) is 148 Å². The van der Waals surface area contributed by atoms with Gasteiger partial charge in [-0.05, 0) is 104 Å². The summed E-state index contributed by atoms with van der Waals surface area (Å²) in [4.78, 5) is 44.4. The zero-order valence-corrected chi connectivity index (χ0v) is 41.1. The molecule has 0 saturated carbocycles. The quantitative estimate of drug-likeness (QED) is 0.0482. The van der Waals surface area contributed by atoms with Crippen molar-refractivity contribution in [2.75, 3.05) is 53.4 Å². The predicted molar refractivity (Wildman–Crippen MR) is 257 cm³/mol. The second kappa shape index (κ2) is 44.0. The minimum Gasteiger partial charge on any atom is -0.481 e. The highest BCUT2D eigenvalue weighted by atomic mass is 16.5.